The lowest BCUT2D eigenvalue weighted by Gasteiger charge is -2.13. The van der Waals surface area contributed by atoms with Crippen LogP contribution >= 0.6 is 23.4 Å². The van der Waals surface area contributed by atoms with E-state index in [2.05, 4.69) is 15.4 Å². The number of benzene rings is 1. The Kier molecular flexibility index (Phi) is 4.94. The number of hydrogen-bond donors (Lipinski definition) is 1. The predicted molar refractivity (Wildman–Crippen MR) is 81.6 cm³/mol. The molecule has 110 valence electrons. The highest BCUT2D eigenvalue weighted by molar-refractivity contribution is 7.99. The molecule has 0 fully saturated rings. The fraction of sp³-hybridized carbons (Fsp3) is 0.167. The number of aromatic nitrogens is 2. The first-order valence-corrected chi connectivity index (χ1v) is 7.03. The number of hydrogen-bond acceptors (Lipinski definition) is 7. The highest BCUT2D eigenvalue weighted by Crippen LogP contribution is 2.36. The fourth-order valence-corrected chi connectivity index (χ4v) is 2.50. The summed E-state index contributed by atoms with van der Waals surface area (Å²) < 4.78 is 0. The molecule has 1 aromatic carbocycles. The van der Waals surface area contributed by atoms with Crippen LogP contribution in [0.3, 0.4) is 0 Å². The number of nitro groups is 1. The lowest BCUT2D eigenvalue weighted by molar-refractivity contribution is -0.387. The Balaban J connectivity index is 2.38. The number of hydrazine groups is 1. The highest BCUT2D eigenvalue weighted by Gasteiger charge is 2.24. The molecule has 1 heterocycles. The van der Waals surface area contributed by atoms with E-state index < -0.39 is 4.92 Å². The first-order valence-electron chi connectivity index (χ1n) is 5.84. The molecule has 0 spiro atoms. The quantitative estimate of drug-likeness (QED) is 0.513. The molecule has 0 amide bonds. The van der Waals surface area contributed by atoms with Crippen molar-refractivity contribution in [3.8, 4) is 0 Å². The molecule has 0 unspecified atom stereocenters. The van der Waals surface area contributed by atoms with Gasteiger partial charge in [-0.1, -0.05) is 23.4 Å². The summed E-state index contributed by atoms with van der Waals surface area (Å²) in [6, 6.07) is 6.99. The summed E-state index contributed by atoms with van der Waals surface area (Å²) in [6.45, 7) is 0. The zero-order chi connectivity index (χ0) is 15.4. The van der Waals surface area contributed by atoms with Crippen molar-refractivity contribution >= 4 is 34.9 Å². The smallest absolute Gasteiger partial charge is 0.298 e. The summed E-state index contributed by atoms with van der Waals surface area (Å²) in [6.07, 6.45) is 1.29. The van der Waals surface area contributed by atoms with Gasteiger partial charge in [0.15, 0.2) is 5.03 Å². The maximum atomic E-state index is 11.3. The second-order valence-corrected chi connectivity index (χ2v) is 5.69. The number of rotatable bonds is 5. The Bertz CT molecular complexity index is 651. The molecule has 1 aromatic heterocycles. The minimum absolute atomic E-state index is 0.150. The van der Waals surface area contributed by atoms with E-state index >= 15 is 0 Å². The maximum Gasteiger partial charge on any atom is 0.344 e. The summed E-state index contributed by atoms with van der Waals surface area (Å²) in [7, 11) is 3.44. The van der Waals surface area contributed by atoms with Crippen molar-refractivity contribution in [3.05, 3.63) is 45.7 Å². The lowest BCUT2D eigenvalue weighted by Crippen LogP contribution is -2.21. The average molecular weight is 326 g/mol. The number of halogens is 1. The third-order valence-corrected chi connectivity index (χ3v) is 3.58. The van der Waals surface area contributed by atoms with E-state index in [0.717, 1.165) is 4.90 Å². The topological polar surface area (TPSA) is 84.2 Å². The van der Waals surface area contributed by atoms with Gasteiger partial charge in [-0.2, -0.15) is 0 Å². The van der Waals surface area contributed by atoms with E-state index in [1.165, 1.54) is 18.1 Å². The summed E-state index contributed by atoms with van der Waals surface area (Å²) in [5, 5.41) is 13.7. The molecular formula is C12H12ClN5O2S. The molecular weight excluding hydrogens is 314 g/mol. The number of nitrogens with one attached hydrogen (secondary N) is 1. The second-order valence-electron chi connectivity index (χ2n) is 4.20. The molecule has 0 aliphatic carbocycles. The van der Waals surface area contributed by atoms with E-state index in [1.54, 1.807) is 43.4 Å². The van der Waals surface area contributed by atoms with Crippen molar-refractivity contribution in [2.24, 2.45) is 0 Å². The van der Waals surface area contributed by atoms with Crippen molar-refractivity contribution in [3.63, 3.8) is 0 Å². The number of anilines is 1. The lowest BCUT2D eigenvalue weighted by atomic mass is 10.4. The summed E-state index contributed by atoms with van der Waals surface area (Å²) in [5.74, 6) is 0.150. The standard InChI is InChI=1S/C12H12ClN5O2S/c1-17(2)16-11-10(18(19)20)12(15-7-14-11)21-9-5-3-8(13)4-6-9/h3-7H,1-2H3,(H,14,15,16). The van der Waals surface area contributed by atoms with E-state index in [-0.39, 0.29) is 16.5 Å². The van der Waals surface area contributed by atoms with Gasteiger partial charge in [-0.25, -0.2) is 15.0 Å². The van der Waals surface area contributed by atoms with E-state index in [9.17, 15) is 10.1 Å². The highest BCUT2D eigenvalue weighted by atomic mass is 35.5. The van der Waals surface area contributed by atoms with Gasteiger partial charge in [-0.05, 0) is 24.3 Å². The third-order valence-electron chi connectivity index (χ3n) is 2.33. The molecule has 0 saturated carbocycles. The van der Waals surface area contributed by atoms with Crippen molar-refractivity contribution in [1.82, 2.24) is 15.0 Å². The zero-order valence-electron chi connectivity index (χ0n) is 11.3. The van der Waals surface area contributed by atoms with Crippen LogP contribution in [0.4, 0.5) is 11.5 Å². The summed E-state index contributed by atoms with van der Waals surface area (Å²) in [4.78, 5) is 19.5. The average Bonchev–Trinajstić information content (AvgIpc) is 2.40. The first-order chi connectivity index (χ1) is 9.97. The first kappa shape index (κ1) is 15.5. The molecule has 1 N–H and O–H groups in total. The van der Waals surface area contributed by atoms with Crippen LogP contribution < -0.4 is 5.43 Å². The van der Waals surface area contributed by atoms with Crippen molar-refractivity contribution < 1.29 is 4.92 Å². The van der Waals surface area contributed by atoms with Crippen molar-refractivity contribution in [2.45, 2.75) is 9.92 Å². The molecule has 9 heteroatoms. The van der Waals surface area contributed by atoms with Gasteiger partial charge in [0.1, 0.15) is 6.33 Å². The molecule has 0 atom stereocenters. The summed E-state index contributed by atoms with van der Waals surface area (Å²) >= 11 is 7.00. The Morgan fingerprint density at radius 2 is 1.95 bits per heavy atom. The number of nitrogens with zero attached hydrogens (tertiary/aromatic N) is 4. The normalized spacial score (nSPS) is 10.7. The van der Waals surface area contributed by atoms with E-state index in [0.29, 0.717) is 5.02 Å². The van der Waals surface area contributed by atoms with Crippen LogP contribution in [0.2, 0.25) is 5.02 Å². The van der Waals surface area contributed by atoms with Gasteiger partial charge in [0.25, 0.3) is 0 Å². The Hall–Kier alpha value is -1.90. The molecule has 0 aliphatic heterocycles. The molecule has 7 nitrogen and oxygen atoms in total. The SMILES string of the molecule is CN(C)Nc1ncnc(Sc2ccc(Cl)cc2)c1[N+](=O)[O-]. The summed E-state index contributed by atoms with van der Waals surface area (Å²) in [5.41, 5.74) is 2.64. The second kappa shape index (κ2) is 6.70. The Morgan fingerprint density at radius 3 is 2.52 bits per heavy atom. The minimum atomic E-state index is -0.496. The fourth-order valence-electron chi connectivity index (χ4n) is 1.51. The van der Waals surface area contributed by atoms with Crippen LogP contribution in [0, 0.1) is 10.1 Å². The van der Waals surface area contributed by atoms with E-state index in [1.807, 2.05) is 0 Å². The van der Waals surface area contributed by atoms with Gasteiger partial charge in [0.2, 0.25) is 5.82 Å². The molecule has 21 heavy (non-hydrogen) atoms. The third kappa shape index (κ3) is 4.03. The molecule has 0 radical (unpaired) electrons. The van der Waals surface area contributed by atoms with Crippen LogP contribution in [-0.2, 0) is 0 Å². The van der Waals surface area contributed by atoms with Crippen molar-refractivity contribution in [2.75, 3.05) is 19.5 Å². The molecule has 0 saturated heterocycles. The van der Waals surface area contributed by atoms with Gasteiger partial charge in [-0.3, -0.25) is 15.5 Å². The predicted octanol–water partition coefficient (Wildman–Crippen LogP) is 3.08. The van der Waals surface area contributed by atoms with Gasteiger partial charge in [0, 0.05) is 24.0 Å². The van der Waals surface area contributed by atoms with E-state index in [4.69, 9.17) is 11.6 Å². The van der Waals surface area contributed by atoms with Crippen LogP contribution in [0.25, 0.3) is 0 Å². The molecule has 0 bridgehead atoms. The minimum Gasteiger partial charge on any atom is -0.298 e. The van der Waals surface area contributed by atoms with Crippen molar-refractivity contribution in [1.29, 1.82) is 0 Å². The van der Waals surface area contributed by atoms with Gasteiger partial charge in [0.05, 0.1) is 4.92 Å². The van der Waals surface area contributed by atoms with Gasteiger partial charge in [-0.15, -0.1) is 0 Å². The maximum absolute atomic E-state index is 11.3. The molecule has 2 rings (SSSR count). The Labute approximate surface area is 130 Å². The monoisotopic (exact) mass is 325 g/mol. The van der Waals surface area contributed by atoms with Crippen LogP contribution in [-0.4, -0.2) is 34.0 Å². The van der Waals surface area contributed by atoms with Gasteiger partial charge >= 0.3 is 5.69 Å². The zero-order valence-corrected chi connectivity index (χ0v) is 12.9. The van der Waals surface area contributed by atoms with Crippen LogP contribution in [0.15, 0.2) is 40.5 Å². The van der Waals surface area contributed by atoms with Gasteiger partial charge < -0.3 is 0 Å². The Morgan fingerprint density at radius 1 is 1.29 bits per heavy atom. The van der Waals surface area contributed by atoms with Crippen LogP contribution in [0.1, 0.15) is 0 Å². The largest absolute Gasteiger partial charge is 0.344 e. The van der Waals surface area contributed by atoms with Crippen LogP contribution in [0.5, 0.6) is 0 Å². The molecule has 0 aliphatic rings. The molecule has 2 aromatic rings.